The minimum atomic E-state index is 0. The number of hydrogen-bond donors (Lipinski definition) is 3. The van der Waals surface area contributed by atoms with Crippen LogP contribution in [-0.2, 0) is 11.2 Å². The summed E-state index contributed by atoms with van der Waals surface area (Å²) < 4.78 is 0. The Morgan fingerprint density at radius 3 is 2.80 bits per heavy atom. The first-order valence-corrected chi connectivity index (χ1v) is 10.9. The van der Waals surface area contributed by atoms with E-state index in [4.69, 9.17) is 0 Å². The molecule has 1 saturated carbocycles. The van der Waals surface area contributed by atoms with Crippen molar-refractivity contribution < 1.29 is 4.79 Å². The van der Waals surface area contributed by atoms with Crippen LogP contribution in [0.5, 0.6) is 0 Å². The van der Waals surface area contributed by atoms with Crippen LogP contribution in [0.1, 0.15) is 44.3 Å². The van der Waals surface area contributed by atoms with Gasteiger partial charge in [-0.3, -0.25) is 9.79 Å². The smallest absolute Gasteiger partial charge is 0.225 e. The van der Waals surface area contributed by atoms with E-state index in [2.05, 4.69) is 30.5 Å². The predicted octanol–water partition coefficient (Wildman–Crippen LogP) is 3.07. The molecule has 1 saturated heterocycles. The van der Waals surface area contributed by atoms with Gasteiger partial charge in [-0.1, -0.05) is 31.4 Å². The maximum absolute atomic E-state index is 12.7. The summed E-state index contributed by atoms with van der Waals surface area (Å²) >= 11 is 0. The molecule has 2 heterocycles. The standard InChI is InChI=1S/C22H32N6O.HI/c1-23-22(24-13-11-20-26-18-9-5-6-10-19(18)27-20)25-17-12-14-28(15-17)21(29)16-7-3-2-4-8-16;/h5-6,9-10,16-17H,2-4,7-8,11-15H2,1H3,(H,26,27)(H2,23,24,25);1H. The SMILES string of the molecule is CN=C(NCCc1nc2ccccc2[nH]1)NC1CCN(C(=O)C2CCCCC2)C1.I. The second kappa shape index (κ2) is 11.0. The van der Waals surface area contributed by atoms with Crippen LogP contribution < -0.4 is 10.6 Å². The topological polar surface area (TPSA) is 85.4 Å². The molecule has 1 aromatic heterocycles. The number of amides is 1. The second-order valence-corrected chi connectivity index (χ2v) is 8.20. The lowest BCUT2D eigenvalue weighted by molar-refractivity contribution is -0.135. The fraction of sp³-hybridized carbons (Fsp3) is 0.591. The number of benzene rings is 1. The number of aromatic amines is 1. The molecule has 1 unspecified atom stereocenters. The summed E-state index contributed by atoms with van der Waals surface area (Å²) in [6.45, 7) is 2.37. The Morgan fingerprint density at radius 1 is 1.23 bits per heavy atom. The van der Waals surface area contributed by atoms with E-state index in [0.29, 0.717) is 5.91 Å². The van der Waals surface area contributed by atoms with Crippen LogP contribution in [0, 0.1) is 5.92 Å². The lowest BCUT2D eigenvalue weighted by Gasteiger charge is -2.26. The Kier molecular flexibility index (Phi) is 8.35. The van der Waals surface area contributed by atoms with Gasteiger partial charge in [-0.2, -0.15) is 0 Å². The maximum Gasteiger partial charge on any atom is 0.225 e. The van der Waals surface area contributed by atoms with Gasteiger partial charge in [0.1, 0.15) is 5.82 Å². The predicted molar refractivity (Wildman–Crippen MR) is 131 cm³/mol. The Hall–Kier alpha value is -1.84. The van der Waals surface area contributed by atoms with E-state index in [1.54, 1.807) is 7.05 Å². The van der Waals surface area contributed by atoms with Crippen LogP contribution in [0.3, 0.4) is 0 Å². The van der Waals surface area contributed by atoms with E-state index in [1.807, 2.05) is 24.3 Å². The van der Waals surface area contributed by atoms with Gasteiger partial charge in [0, 0.05) is 45.1 Å². The summed E-state index contributed by atoms with van der Waals surface area (Å²) in [6, 6.07) is 8.34. The van der Waals surface area contributed by atoms with Gasteiger partial charge in [-0.15, -0.1) is 24.0 Å². The first-order chi connectivity index (χ1) is 14.2. The number of aromatic nitrogens is 2. The molecule has 2 aromatic rings. The lowest BCUT2D eigenvalue weighted by Crippen LogP contribution is -2.46. The number of carbonyl (C=O) groups excluding carboxylic acids is 1. The highest BCUT2D eigenvalue weighted by atomic mass is 127. The molecule has 1 aliphatic carbocycles. The number of likely N-dealkylation sites (tertiary alicyclic amines) is 1. The number of para-hydroxylation sites is 2. The van der Waals surface area contributed by atoms with E-state index >= 15 is 0 Å². The largest absolute Gasteiger partial charge is 0.356 e. The Balaban J connectivity index is 0.00000256. The minimum Gasteiger partial charge on any atom is -0.356 e. The van der Waals surface area contributed by atoms with Gasteiger partial charge < -0.3 is 20.5 Å². The molecule has 1 aliphatic heterocycles. The first-order valence-electron chi connectivity index (χ1n) is 10.9. The third kappa shape index (κ3) is 5.65. The van der Waals surface area contributed by atoms with Crippen LogP contribution in [-0.4, -0.2) is 59.5 Å². The zero-order chi connectivity index (χ0) is 20.1. The van der Waals surface area contributed by atoms with Gasteiger partial charge >= 0.3 is 0 Å². The molecule has 4 rings (SSSR count). The van der Waals surface area contributed by atoms with Crippen molar-refractivity contribution in [1.82, 2.24) is 25.5 Å². The Labute approximate surface area is 195 Å². The average Bonchev–Trinajstić information content (AvgIpc) is 3.39. The van der Waals surface area contributed by atoms with Gasteiger partial charge in [0.05, 0.1) is 11.0 Å². The lowest BCUT2D eigenvalue weighted by atomic mass is 9.88. The van der Waals surface area contributed by atoms with Gasteiger partial charge in [-0.25, -0.2) is 4.98 Å². The summed E-state index contributed by atoms with van der Waals surface area (Å²) in [5.74, 6) is 2.38. The first kappa shape index (κ1) is 22.8. The molecule has 164 valence electrons. The number of hydrogen-bond acceptors (Lipinski definition) is 3. The monoisotopic (exact) mass is 524 g/mol. The minimum absolute atomic E-state index is 0. The number of nitrogens with zero attached hydrogens (tertiary/aromatic N) is 3. The molecular weight excluding hydrogens is 491 g/mol. The number of guanidine groups is 1. The van der Waals surface area contributed by atoms with Crippen LogP contribution in [0.15, 0.2) is 29.3 Å². The zero-order valence-corrected chi connectivity index (χ0v) is 20.0. The molecule has 2 aliphatic rings. The Bertz CT molecular complexity index is 827. The van der Waals surface area contributed by atoms with Gasteiger partial charge in [-0.05, 0) is 31.4 Å². The number of H-pyrrole nitrogens is 1. The average molecular weight is 524 g/mol. The molecule has 1 amide bonds. The van der Waals surface area contributed by atoms with Crippen LogP contribution in [0.2, 0.25) is 0 Å². The van der Waals surface area contributed by atoms with Crippen molar-refractivity contribution in [3.63, 3.8) is 0 Å². The van der Waals surface area contributed by atoms with E-state index < -0.39 is 0 Å². The molecule has 3 N–H and O–H groups in total. The quantitative estimate of drug-likeness (QED) is 0.319. The third-order valence-electron chi connectivity index (χ3n) is 6.11. The van der Waals surface area contributed by atoms with Crippen molar-refractivity contribution >= 4 is 46.9 Å². The molecule has 1 aromatic carbocycles. The molecule has 30 heavy (non-hydrogen) atoms. The molecule has 1 atom stereocenters. The molecule has 2 fully saturated rings. The van der Waals surface area contributed by atoms with Crippen molar-refractivity contribution in [2.45, 2.75) is 51.0 Å². The van der Waals surface area contributed by atoms with Crippen LogP contribution in [0.4, 0.5) is 0 Å². The Morgan fingerprint density at radius 2 is 2.03 bits per heavy atom. The fourth-order valence-corrected chi connectivity index (χ4v) is 4.50. The van der Waals surface area contributed by atoms with Gasteiger partial charge in [0.2, 0.25) is 5.91 Å². The summed E-state index contributed by atoms with van der Waals surface area (Å²) in [5, 5.41) is 6.85. The van der Waals surface area contributed by atoms with E-state index in [9.17, 15) is 4.79 Å². The normalized spacial score (nSPS) is 20.2. The van der Waals surface area contributed by atoms with E-state index in [-0.39, 0.29) is 35.9 Å². The van der Waals surface area contributed by atoms with Gasteiger partial charge in [0.15, 0.2) is 5.96 Å². The molecular formula is C22H33IN6O. The number of imidazole rings is 1. The number of aliphatic imine (C=N–C) groups is 1. The van der Waals surface area contributed by atoms with Crippen molar-refractivity contribution in [3.05, 3.63) is 30.1 Å². The van der Waals surface area contributed by atoms with E-state index in [1.165, 1.54) is 19.3 Å². The number of carbonyl (C=O) groups is 1. The van der Waals surface area contributed by atoms with Crippen LogP contribution in [0.25, 0.3) is 11.0 Å². The number of rotatable bonds is 5. The summed E-state index contributed by atoms with van der Waals surface area (Å²) in [4.78, 5) is 27.1. The zero-order valence-electron chi connectivity index (χ0n) is 17.7. The molecule has 8 heteroatoms. The highest BCUT2D eigenvalue weighted by Gasteiger charge is 2.31. The van der Waals surface area contributed by atoms with E-state index in [0.717, 1.165) is 68.1 Å². The number of nitrogens with one attached hydrogen (secondary N) is 3. The number of halogens is 1. The second-order valence-electron chi connectivity index (χ2n) is 8.20. The third-order valence-corrected chi connectivity index (χ3v) is 6.11. The highest BCUT2D eigenvalue weighted by Crippen LogP contribution is 2.26. The van der Waals surface area contributed by atoms with Crippen molar-refractivity contribution in [2.75, 3.05) is 26.7 Å². The fourth-order valence-electron chi connectivity index (χ4n) is 4.50. The summed E-state index contributed by atoms with van der Waals surface area (Å²) in [5.41, 5.74) is 2.07. The maximum atomic E-state index is 12.7. The molecule has 0 bridgehead atoms. The summed E-state index contributed by atoms with van der Waals surface area (Å²) in [7, 11) is 1.79. The van der Waals surface area contributed by atoms with Crippen molar-refractivity contribution in [3.8, 4) is 0 Å². The highest BCUT2D eigenvalue weighted by molar-refractivity contribution is 14.0. The molecule has 0 spiro atoms. The summed E-state index contributed by atoms with van der Waals surface area (Å²) in [6.07, 6.45) is 7.59. The molecule has 7 nitrogen and oxygen atoms in total. The van der Waals surface area contributed by atoms with Crippen molar-refractivity contribution in [2.24, 2.45) is 10.9 Å². The van der Waals surface area contributed by atoms with Crippen molar-refractivity contribution in [1.29, 1.82) is 0 Å². The van der Waals surface area contributed by atoms with Gasteiger partial charge in [0.25, 0.3) is 0 Å². The molecule has 0 radical (unpaired) electrons. The number of fused-ring (bicyclic) bond motifs is 1. The van der Waals surface area contributed by atoms with Crippen LogP contribution >= 0.6 is 24.0 Å².